The Labute approximate surface area is 193 Å². The standard InChI is InChI=1S/C23H22N8OS/c1-25-17-5-2-4-15-19-21(27-20(15)17)28-23(29-22(19)30-9-7-13(24)12-30)33-14-10-18-16(26-11-14)6-3-8-31(18)32/h2-6,8,10-11,13,25H,7,9,12,24H2,1H3,(H,27,28,29)/t13-/m0/s1. The lowest BCUT2D eigenvalue weighted by molar-refractivity contribution is -0.577. The van der Waals surface area contributed by atoms with Gasteiger partial charge in [-0.3, -0.25) is 0 Å². The number of hydrogen-bond donors (Lipinski definition) is 3. The Hall–Kier alpha value is -3.63. The number of H-pyrrole nitrogens is 1. The Morgan fingerprint density at radius 1 is 1.27 bits per heavy atom. The van der Waals surface area contributed by atoms with E-state index >= 15 is 0 Å². The van der Waals surface area contributed by atoms with E-state index in [9.17, 15) is 5.21 Å². The first-order valence-corrected chi connectivity index (χ1v) is 11.6. The minimum Gasteiger partial charge on any atom is -0.618 e. The Bertz CT molecular complexity index is 1520. The lowest BCUT2D eigenvalue weighted by Gasteiger charge is -2.18. The summed E-state index contributed by atoms with van der Waals surface area (Å²) >= 11 is 1.39. The second-order valence-electron chi connectivity index (χ2n) is 8.16. The van der Waals surface area contributed by atoms with Gasteiger partial charge in [0.2, 0.25) is 5.52 Å². The highest BCUT2D eigenvalue weighted by Crippen LogP contribution is 2.38. The number of hydrogen-bond acceptors (Lipinski definition) is 8. The van der Waals surface area contributed by atoms with Crippen LogP contribution in [0.3, 0.4) is 0 Å². The summed E-state index contributed by atoms with van der Waals surface area (Å²) in [5.41, 5.74) is 10.2. The van der Waals surface area contributed by atoms with Crippen LogP contribution >= 0.6 is 11.8 Å². The van der Waals surface area contributed by atoms with Gasteiger partial charge < -0.3 is 26.1 Å². The largest absolute Gasteiger partial charge is 0.618 e. The summed E-state index contributed by atoms with van der Waals surface area (Å²) in [6.07, 6.45) is 4.14. The highest BCUT2D eigenvalue weighted by Gasteiger charge is 2.25. The van der Waals surface area contributed by atoms with Crippen molar-refractivity contribution in [2.45, 2.75) is 22.5 Å². The normalized spacial score (nSPS) is 16.3. The highest BCUT2D eigenvalue weighted by molar-refractivity contribution is 7.99. The van der Waals surface area contributed by atoms with Crippen molar-refractivity contribution in [3.8, 4) is 0 Å². The van der Waals surface area contributed by atoms with Gasteiger partial charge in [-0.25, -0.2) is 15.0 Å². The number of nitrogens with two attached hydrogens (primary N) is 1. The van der Waals surface area contributed by atoms with Crippen LogP contribution < -0.4 is 20.7 Å². The fraction of sp³-hybridized carbons (Fsp3) is 0.217. The van der Waals surface area contributed by atoms with Crippen LogP contribution in [0.4, 0.5) is 11.5 Å². The molecular formula is C23H22N8OS. The third kappa shape index (κ3) is 3.38. The molecule has 1 aliphatic heterocycles. The molecule has 0 unspecified atom stereocenters. The number of para-hydroxylation sites is 1. The lowest BCUT2D eigenvalue weighted by Crippen LogP contribution is -2.27. The van der Waals surface area contributed by atoms with Gasteiger partial charge in [-0.05, 0) is 30.3 Å². The van der Waals surface area contributed by atoms with E-state index in [0.29, 0.717) is 16.2 Å². The molecule has 4 N–H and O–H groups in total. The minimum atomic E-state index is 0.126. The van der Waals surface area contributed by atoms with Crippen LogP contribution in [0.25, 0.3) is 33.0 Å². The topological polar surface area (TPSA) is 123 Å². The predicted molar refractivity (Wildman–Crippen MR) is 131 cm³/mol. The summed E-state index contributed by atoms with van der Waals surface area (Å²) in [5.74, 6) is 0.877. The van der Waals surface area contributed by atoms with Crippen LogP contribution in [0.15, 0.2) is 58.8 Å². The zero-order valence-electron chi connectivity index (χ0n) is 17.9. The number of benzene rings is 1. The molecular weight excluding hydrogens is 436 g/mol. The van der Waals surface area contributed by atoms with E-state index in [2.05, 4.69) is 26.3 Å². The molecule has 1 aromatic carbocycles. The Balaban J connectivity index is 1.51. The van der Waals surface area contributed by atoms with Crippen molar-refractivity contribution in [3.63, 3.8) is 0 Å². The van der Waals surface area contributed by atoms with Crippen LogP contribution in [0, 0.1) is 5.21 Å². The maximum atomic E-state index is 12.2. The minimum absolute atomic E-state index is 0.126. The van der Waals surface area contributed by atoms with Crippen LogP contribution in [-0.4, -0.2) is 46.1 Å². The van der Waals surface area contributed by atoms with Gasteiger partial charge in [0.1, 0.15) is 17.0 Å². The fourth-order valence-electron chi connectivity index (χ4n) is 4.45. The molecule has 4 aromatic heterocycles. The van der Waals surface area contributed by atoms with Crippen molar-refractivity contribution in [2.24, 2.45) is 5.73 Å². The summed E-state index contributed by atoms with van der Waals surface area (Å²) in [4.78, 5) is 20.7. The van der Waals surface area contributed by atoms with Crippen LogP contribution in [0.2, 0.25) is 0 Å². The molecule has 1 fully saturated rings. The summed E-state index contributed by atoms with van der Waals surface area (Å²) in [7, 11) is 1.91. The van der Waals surface area contributed by atoms with E-state index in [4.69, 9.17) is 15.7 Å². The smallest absolute Gasteiger partial charge is 0.243 e. The third-order valence-corrected chi connectivity index (χ3v) is 6.86. The average Bonchev–Trinajstić information content (AvgIpc) is 3.42. The van der Waals surface area contributed by atoms with Gasteiger partial charge in [0, 0.05) is 54.8 Å². The van der Waals surface area contributed by atoms with E-state index in [1.807, 2.05) is 31.3 Å². The molecule has 0 bridgehead atoms. The zero-order chi connectivity index (χ0) is 22.5. The van der Waals surface area contributed by atoms with Crippen molar-refractivity contribution in [3.05, 3.63) is 54.0 Å². The molecule has 1 saturated heterocycles. The van der Waals surface area contributed by atoms with Crippen molar-refractivity contribution in [1.29, 1.82) is 0 Å². The summed E-state index contributed by atoms with van der Waals surface area (Å²) < 4.78 is 0.824. The number of aromatic amines is 1. The van der Waals surface area contributed by atoms with Crippen LogP contribution in [-0.2, 0) is 0 Å². The maximum absolute atomic E-state index is 12.2. The first-order valence-electron chi connectivity index (χ1n) is 10.8. The van der Waals surface area contributed by atoms with Gasteiger partial charge in [0.25, 0.3) is 0 Å². The summed E-state index contributed by atoms with van der Waals surface area (Å²) in [5, 5.41) is 18.1. The Morgan fingerprint density at radius 3 is 3.00 bits per heavy atom. The number of pyridine rings is 2. The second kappa shape index (κ2) is 7.75. The molecule has 0 aliphatic carbocycles. The first-order chi connectivity index (χ1) is 16.1. The third-order valence-electron chi connectivity index (χ3n) is 6.03. The Morgan fingerprint density at radius 2 is 2.18 bits per heavy atom. The van der Waals surface area contributed by atoms with Crippen molar-refractivity contribution >= 4 is 56.2 Å². The quantitative estimate of drug-likeness (QED) is 0.213. The lowest BCUT2D eigenvalue weighted by atomic mass is 10.1. The molecule has 5 heterocycles. The number of nitrogens with one attached hydrogen (secondary N) is 2. The Kier molecular flexibility index (Phi) is 4.70. The monoisotopic (exact) mass is 458 g/mol. The van der Waals surface area contributed by atoms with Crippen molar-refractivity contribution < 1.29 is 4.73 Å². The summed E-state index contributed by atoms with van der Waals surface area (Å²) in [6.45, 7) is 1.60. The SMILES string of the molecule is CNc1cccc2c1[nH]c1nc(Sc3cnc4ccc[n+]([O-])c4c3)nc(N3CC[C@H](N)C3)c12. The number of fused-ring (bicyclic) bond motifs is 4. The van der Waals surface area contributed by atoms with Crippen molar-refractivity contribution in [1.82, 2.24) is 19.9 Å². The average molecular weight is 459 g/mol. The molecule has 166 valence electrons. The molecule has 1 aliphatic rings. The number of aromatic nitrogens is 5. The zero-order valence-corrected chi connectivity index (χ0v) is 18.8. The molecule has 0 saturated carbocycles. The predicted octanol–water partition coefficient (Wildman–Crippen LogP) is 3.02. The van der Waals surface area contributed by atoms with Crippen LogP contribution in [0.5, 0.6) is 0 Å². The molecule has 0 radical (unpaired) electrons. The molecule has 10 heteroatoms. The van der Waals surface area contributed by atoms with Crippen molar-refractivity contribution in [2.75, 3.05) is 30.4 Å². The number of anilines is 2. The first kappa shape index (κ1) is 20.0. The van der Waals surface area contributed by atoms with Gasteiger partial charge in [0.15, 0.2) is 11.4 Å². The van der Waals surface area contributed by atoms with Gasteiger partial charge in [-0.15, -0.1) is 0 Å². The van der Waals surface area contributed by atoms with E-state index in [1.54, 1.807) is 12.3 Å². The van der Waals surface area contributed by atoms with E-state index < -0.39 is 0 Å². The molecule has 5 aromatic rings. The van der Waals surface area contributed by atoms with E-state index in [1.165, 1.54) is 18.0 Å². The molecule has 6 rings (SSSR count). The van der Waals surface area contributed by atoms with E-state index in [-0.39, 0.29) is 6.04 Å². The van der Waals surface area contributed by atoms with E-state index in [0.717, 1.165) is 62.6 Å². The maximum Gasteiger partial charge on any atom is 0.243 e. The van der Waals surface area contributed by atoms with Gasteiger partial charge >= 0.3 is 0 Å². The molecule has 0 amide bonds. The number of rotatable bonds is 4. The molecule has 33 heavy (non-hydrogen) atoms. The summed E-state index contributed by atoms with van der Waals surface area (Å²) in [6, 6.07) is 11.6. The van der Waals surface area contributed by atoms with Gasteiger partial charge in [0.05, 0.1) is 16.6 Å². The molecule has 0 spiro atoms. The molecule has 1 atom stereocenters. The molecule has 9 nitrogen and oxygen atoms in total. The number of nitrogens with zero attached hydrogens (tertiary/aromatic N) is 5. The van der Waals surface area contributed by atoms with Crippen LogP contribution in [0.1, 0.15) is 6.42 Å². The van der Waals surface area contributed by atoms with Gasteiger partial charge in [-0.2, -0.15) is 4.73 Å². The van der Waals surface area contributed by atoms with Gasteiger partial charge in [-0.1, -0.05) is 12.1 Å². The fourth-order valence-corrected chi connectivity index (χ4v) is 5.20. The highest BCUT2D eigenvalue weighted by atomic mass is 32.2. The second-order valence-corrected chi connectivity index (χ2v) is 9.20.